The van der Waals surface area contributed by atoms with Gasteiger partial charge in [-0.1, -0.05) is 6.92 Å². The molecule has 0 aliphatic carbocycles. The molecule has 0 radical (unpaired) electrons. The molecule has 1 unspecified atom stereocenters. The van der Waals surface area contributed by atoms with E-state index < -0.39 is 0 Å². The van der Waals surface area contributed by atoms with Gasteiger partial charge in [-0.3, -0.25) is 9.59 Å². The molecule has 7 heteroatoms. The predicted molar refractivity (Wildman–Crippen MR) is 109 cm³/mol. The van der Waals surface area contributed by atoms with Gasteiger partial charge in [-0.15, -0.1) is 12.4 Å². The minimum atomic E-state index is -0.100. The van der Waals surface area contributed by atoms with Gasteiger partial charge in [0.2, 0.25) is 11.8 Å². The molecule has 0 aliphatic heterocycles. The maximum absolute atomic E-state index is 12.3. The van der Waals surface area contributed by atoms with Gasteiger partial charge in [-0.05, 0) is 45.2 Å². The Morgan fingerprint density at radius 3 is 2.50 bits per heavy atom. The molecule has 1 aromatic heterocycles. The highest BCUT2D eigenvalue weighted by molar-refractivity contribution is 5.95. The number of hydrogen-bond acceptors (Lipinski definition) is 3. The molecular formula is C19H29ClN4O2. The second-order valence-corrected chi connectivity index (χ2v) is 6.23. The van der Waals surface area contributed by atoms with Crippen LogP contribution < -0.4 is 10.6 Å². The third kappa shape index (κ3) is 5.22. The Morgan fingerprint density at radius 2 is 1.88 bits per heavy atom. The minimum Gasteiger partial charge on any atom is -0.342 e. The Hall–Kier alpha value is -2.05. The molecule has 144 valence electrons. The van der Waals surface area contributed by atoms with E-state index in [2.05, 4.69) is 10.6 Å². The van der Waals surface area contributed by atoms with E-state index >= 15 is 0 Å². The number of benzene rings is 1. The van der Waals surface area contributed by atoms with Crippen molar-refractivity contribution in [1.29, 1.82) is 0 Å². The summed E-state index contributed by atoms with van der Waals surface area (Å²) in [5, 5.41) is 6.95. The summed E-state index contributed by atoms with van der Waals surface area (Å²) < 4.78 is 1.95. The van der Waals surface area contributed by atoms with Crippen molar-refractivity contribution in [2.24, 2.45) is 5.92 Å². The second kappa shape index (κ2) is 10.2. The number of rotatable bonds is 8. The van der Waals surface area contributed by atoms with Crippen LogP contribution in [0.25, 0.3) is 10.9 Å². The van der Waals surface area contributed by atoms with Crippen LogP contribution in [0.4, 0.5) is 5.69 Å². The number of hydrogen-bond donors (Lipinski definition) is 2. The zero-order valence-corrected chi connectivity index (χ0v) is 16.7. The molecule has 2 rings (SSSR count). The molecule has 2 amide bonds. The molecule has 0 fully saturated rings. The maximum atomic E-state index is 12.3. The molecule has 1 aromatic carbocycles. The fraction of sp³-hybridized carbons (Fsp3) is 0.474. The van der Waals surface area contributed by atoms with Crippen LogP contribution in [-0.2, 0) is 16.1 Å². The molecule has 0 saturated carbocycles. The van der Waals surface area contributed by atoms with E-state index in [0.29, 0.717) is 13.1 Å². The first-order valence-corrected chi connectivity index (χ1v) is 8.82. The number of aromatic nitrogens is 1. The standard InChI is InChI=1S/C19H28N4O2.ClH/c1-5-22(6-2)18(24)13-23-10-9-15-11-16(7-8-17(15)23)21-19(25)14(3)12-20-4;/h7-11,14,20H,5-6,12-13H2,1-4H3,(H,21,25);1H. The number of anilines is 1. The summed E-state index contributed by atoms with van der Waals surface area (Å²) in [7, 11) is 1.83. The van der Waals surface area contributed by atoms with Gasteiger partial charge in [0.1, 0.15) is 6.54 Å². The van der Waals surface area contributed by atoms with Gasteiger partial charge in [-0.2, -0.15) is 0 Å². The number of likely N-dealkylation sites (N-methyl/N-ethyl adjacent to an activating group) is 1. The first-order valence-electron chi connectivity index (χ1n) is 8.82. The zero-order chi connectivity index (χ0) is 18.4. The van der Waals surface area contributed by atoms with E-state index in [-0.39, 0.29) is 30.1 Å². The lowest BCUT2D eigenvalue weighted by Crippen LogP contribution is -2.33. The summed E-state index contributed by atoms with van der Waals surface area (Å²) >= 11 is 0. The molecule has 0 spiro atoms. The van der Waals surface area contributed by atoms with Crippen molar-refractivity contribution in [3.05, 3.63) is 30.5 Å². The second-order valence-electron chi connectivity index (χ2n) is 6.23. The molecule has 0 aliphatic rings. The lowest BCUT2D eigenvalue weighted by atomic mass is 10.1. The quantitative estimate of drug-likeness (QED) is 0.740. The van der Waals surface area contributed by atoms with Gasteiger partial charge < -0.3 is 20.1 Å². The van der Waals surface area contributed by atoms with E-state index in [4.69, 9.17) is 0 Å². The predicted octanol–water partition coefficient (Wildman–Crippen LogP) is 2.73. The molecule has 1 heterocycles. The third-order valence-corrected chi connectivity index (χ3v) is 4.42. The molecule has 0 bridgehead atoms. The SMILES string of the molecule is CCN(CC)C(=O)Cn1ccc2cc(NC(=O)C(C)CNC)ccc21.Cl. The largest absolute Gasteiger partial charge is 0.342 e. The van der Waals surface area contributed by atoms with Crippen LogP contribution in [0.3, 0.4) is 0 Å². The van der Waals surface area contributed by atoms with Gasteiger partial charge in [-0.25, -0.2) is 0 Å². The van der Waals surface area contributed by atoms with Crippen LogP contribution in [0, 0.1) is 5.92 Å². The van der Waals surface area contributed by atoms with Crippen molar-refractivity contribution in [2.45, 2.75) is 27.3 Å². The lowest BCUT2D eigenvalue weighted by molar-refractivity contribution is -0.131. The summed E-state index contributed by atoms with van der Waals surface area (Å²) in [4.78, 5) is 26.3. The van der Waals surface area contributed by atoms with E-state index in [0.717, 1.165) is 29.7 Å². The Bertz CT molecular complexity index is 740. The lowest BCUT2D eigenvalue weighted by Gasteiger charge is -2.19. The van der Waals surface area contributed by atoms with E-state index in [9.17, 15) is 9.59 Å². The fourth-order valence-corrected chi connectivity index (χ4v) is 2.90. The minimum absolute atomic E-state index is 0. The normalized spacial score (nSPS) is 11.7. The van der Waals surface area contributed by atoms with Crippen molar-refractivity contribution in [3.8, 4) is 0 Å². The van der Waals surface area contributed by atoms with E-state index in [1.54, 1.807) is 0 Å². The average molecular weight is 381 g/mol. The molecule has 1 atom stereocenters. The zero-order valence-electron chi connectivity index (χ0n) is 15.9. The maximum Gasteiger partial charge on any atom is 0.242 e. The fourth-order valence-electron chi connectivity index (χ4n) is 2.90. The number of nitrogens with one attached hydrogen (secondary N) is 2. The first kappa shape index (κ1) is 22.0. The number of halogens is 1. The van der Waals surface area contributed by atoms with Crippen molar-refractivity contribution in [2.75, 3.05) is 32.0 Å². The van der Waals surface area contributed by atoms with Crippen LogP contribution in [0.15, 0.2) is 30.5 Å². The molecule has 26 heavy (non-hydrogen) atoms. The van der Waals surface area contributed by atoms with Gasteiger partial charge >= 0.3 is 0 Å². The number of amides is 2. The summed E-state index contributed by atoms with van der Waals surface area (Å²) in [6, 6.07) is 7.74. The van der Waals surface area contributed by atoms with Crippen molar-refractivity contribution >= 4 is 40.8 Å². The number of carbonyl (C=O) groups excluding carboxylic acids is 2. The smallest absolute Gasteiger partial charge is 0.242 e. The van der Waals surface area contributed by atoms with Crippen LogP contribution in [-0.4, -0.2) is 48.0 Å². The van der Waals surface area contributed by atoms with Crippen LogP contribution in [0.5, 0.6) is 0 Å². The van der Waals surface area contributed by atoms with Gasteiger partial charge in [0.15, 0.2) is 0 Å². The summed E-state index contributed by atoms with van der Waals surface area (Å²) in [6.45, 7) is 8.26. The van der Waals surface area contributed by atoms with Crippen LogP contribution in [0.1, 0.15) is 20.8 Å². The topological polar surface area (TPSA) is 66.4 Å². The number of fused-ring (bicyclic) bond motifs is 1. The summed E-state index contributed by atoms with van der Waals surface area (Å²) in [6.07, 6.45) is 1.92. The highest BCUT2D eigenvalue weighted by Gasteiger charge is 2.14. The van der Waals surface area contributed by atoms with Crippen molar-refractivity contribution in [3.63, 3.8) is 0 Å². The highest BCUT2D eigenvalue weighted by atomic mass is 35.5. The van der Waals surface area contributed by atoms with Gasteiger partial charge in [0, 0.05) is 48.3 Å². The Labute approximate surface area is 161 Å². The summed E-state index contributed by atoms with van der Waals surface area (Å²) in [5.41, 5.74) is 1.76. The monoisotopic (exact) mass is 380 g/mol. The van der Waals surface area contributed by atoms with Crippen molar-refractivity contribution in [1.82, 2.24) is 14.8 Å². The Morgan fingerprint density at radius 1 is 1.19 bits per heavy atom. The van der Waals surface area contributed by atoms with Gasteiger partial charge in [0.05, 0.1) is 0 Å². The van der Waals surface area contributed by atoms with Crippen LogP contribution >= 0.6 is 12.4 Å². The molecular weight excluding hydrogens is 352 g/mol. The first-order chi connectivity index (χ1) is 12.0. The molecule has 2 N–H and O–H groups in total. The van der Waals surface area contributed by atoms with E-state index in [1.165, 1.54) is 0 Å². The highest BCUT2D eigenvalue weighted by Crippen LogP contribution is 2.21. The third-order valence-electron chi connectivity index (χ3n) is 4.42. The summed E-state index contributed by atoms with van der Waals surface area (Å²) in [5.74, 6) is 0.00241. The Balaban J connectivity index is 0.00000338. The number of carbonyl (C=O) groups is 2. The molecule has 2 aromatic rings. The number of nitrogens with zero attached hydrogens (tertiary/aromatic N) is 2. The Kier molecular flexibility index (Phi) is 8.61. The molecule has 6 nitrogen and oxygen atoms in total. The molecule has 0 saturated heterocycles. The van der Waals surface area contributed by atoms with Crippen molar-refractivity contribution < 1.29 is 9.59 Å². The van der Waals surface area contributed by atoms with Gasteiger partial charge in [0.25, 0.3) is 0 Å². The van der Waals surface area contributed by atoms with E-state index in [1.807, 2.05) is 67.7 Å². The van der Waals surface area contributed by atoms with Crippen LogP contribution in [0.2, 0.25) is 0 Å². The average Bonchev–Trinajstić information content (AvgIpc) is 2.98.